The summed E-state index contributed by atoms with van der Waals surface area (Å²) in [4.78, 5) is 11.0. The summed E-state index contributed by atoms with van der Waals surface area (Å²) in [5.41, 5.74) is 2.04. The first kappa shape index (κ1) is 17.9. The van der Waals surface area contributed by atoms with Crippen molar-refractivity contribution in [1.82, 2.24) is 4.31 Å². The number of benzene rings is 2. The number of hydrogen-bond donors (Lipinski definition) is 3. The van der Waals surface area contributed by atoms with Gasteiger partial charge in [0.05, 0.1) is 10.8 Å². The van der Waals surface area contributed by atoms with E-state index in [4.69, 9.17) is 5.11 Å². The predicted octanol–water partition coefficient (Wildman–Crippen LogP) is 4.78. The van der Waals surface area contributed by atoms with Crippen molar-refractivity contribution in [1.29, 1.82) is 0 Å². The molecule has 1 heterocycles. The third-order valence-corrected chi connectivity index (χ3v) is 7.23. The Morgan fingerprint density at radius 3 is 2.32 bits per heavy atom. The van der Waals surface area contributed by atoms with Crippen molar-refractivity contribution in [3.63, 3.8) is 0 Å². The second-order valence-corrected chi connectivity index (χ2v) is 8.62. The molecule has 6 heteroatoms. The molecule has 1 fully saturated rings. The summed E-state index contributed by atoms with van der Waals surface area (Å²) in [5, 5.41) is 8.69. The van der Waals surface area contributed by atoms with Gasteiger partial charge in [-0.15, -0.1) is 10.8 Å². The quantitative estimate of drug-likeness (QED) is 0.730. The van der Waals surface area contributed by atoms with E-state index < -0.39 is 16.7 Å². The minimum absolute atomic E-state index is 0.0455. The summed E-state index contributed by atoms with van der Waals surface area (Å²) in [6.45, 7) is 2.38. The lowest BCUT2D eigenvalue weighted by molar-refractivity contribution is 0.0696. The van der Waals surface area contributed by atoms with Crippen LogP contribution in [0.2, 0.25) is 0 Å². The lowest BCUT2D eigenvalue weighted by Gasteiger charge is -2.54. The molecule has 0 aromatic heterocycles. The molecule has 134 valence electrons. The minimum atomic E-state index is -2.97. The number of hydrogen-bond acceptors (Lipinski definition) is 4. The molecule has 2 aromatic rings. The van der Waals surface area contributed by atoms with Gasteiger partial charge in [-0.3, -0.25) is 9.11 Å². The molecule has 0 aliphatic carbocycles. The molecule has 1 aliphatic heterocycles. The monoisotopic (exact) mass is 361 g/mol. The van der Waals surface area contributed by atoms with Crippen LogP contribution in [0, 0.1) is 0 Å². The van der Waals surface area contributed by atoms with Crippen LogP contribution in [0.3, 0.4) is 0 Å². The summed E-state index contributed by atoms with van der Waals surface area (Å²) in [6.07, 6.45) is 1.62. The molecule has 3 rings (SSSR count). The molecule has 1 saturated heterocycles. The number of carboxylic acid groups (broad SMARTS) is 1. The van der Waals surface area contributed by atoms with Gasteiger partial charge in [-0.1, -0.05) is 42.5 Å². The molecule has 0 saturated carbocycles. The van der Waals surface area contributed by atoms with Gasteiger partial charge in [0.25, 0.3) is 0 Å². The van der Waals surface area contributed by atoms with Crippen molar-refractivity contribution in [2.45, 2.75) is 37.6 Å². The summed E-state index contributed by atoms with van der Waals surface area (Å²) in [5.74, 6) is -0.966. The van der Waals surface area contributed by atoms with E-state index in [1.54, 1.807) is 28.6 Å². The Bertz CT molecular complexity index is 733. The van der Waals surface area contributed by atoms with Crippen molar-refractivity contribution in [2.24, 2.45) is 0 Å². The van der Waals surface area contributed by atoms with E-state index in [0.29, 0.717) is 6.54 Å². The van der Waals surface area contributed by atoms with Crippen LogP contribution in [-0.2, 0) is 6.54 Å². The largest absolute Gasteiger partial charge is 0.478 e. The maximum atomic E-state index is 11.0. The highest BCUT2D eigenvalue weighted by Crippen LogP contribution is 2.62. The molecule has 0 amide bonds. The van der Waals surface area contributed by atoms with E-state index in [-0.39, 0.29) is 16.9 Å². The molecule has 2 atom stereocenters. The Kier molecular flexibility index (Phi) is 5.15. The maximum absolute atomic E-state index is 11.0. The highest BCUT2D eigenvalue weighted by Gasteiger charge is 2.40. The molecule has 3 N–H and O–H groups in total. The van der Waals surface area contributed by atoms with Crippen molar-refractivity contribution in [2.75, 3.05) is 0 Å². The minimum Gasteiger partial charge on any atom is -0.478 e. The maximum Gasteiger partial charge on any atom is 0.335 e. The van der Waals surface area contributed by atoms with Crippen LogP contribution in [-0.4, -0.2) is 30.5 Å². The topological polar surface area (TPSA) is 81.0 Å². The Labute approximate surface area is 149 Å². The number of aromatic carboxylic acids is 1. The van der Waals surface area contributed by atoms with Gasteiger partial charge in [0.1, 0.15) is 0 Å². The molecule has 0 bridgehead atoms. The lowest BCUT2D eigenvalue weighted by Crippen LogP contribution is -2.41. The molecule has 5 nitrogen and oxygen atoms in total. The fourth-order valence-electron chi connectivity index (χ4n) is 3.32. The highest BCUT2D eigenvalue weighted by molar-refractivity contribution is 8.22. The van der Waals surface area contributed by atoms with Crippen LogP contribution >= 0.6 is 10.8 Å². The first-order valence-corrected chi connectivity index (χ1v) is 9.87. The molecule has 0 spiro atoms. The first-order chi connectivity index (χ1) is 11.9. The average Bonchev–Trinajstić information content (AvgIpc) is 2.59. The Hall–Kier alpha value is -1.86. The molecule has 1 aliphatic rings. The van der Waals surface area contributed by atoms with E-state index in [2.05, 4.69) is 0 Å². The second kappa shape index (κ2) is 7.17. The van der Waals surface area contributed by atoms with Gasteiger partial charge in [-0.05, 0) is 43.0 Å². The van der Waals surface area contributed by atoms with Crippen molar-refractivity contribution < 1.29 is 19.0 Å². The predicted molar refractivity (Wildman–Crippen MR) is 99.7 cm³/mol. The summed E-state index contributed by atoms with van der Waals surface area (Å²) in [6, 6.07) is 16.2. The summed E-state index contributed by atoms with van der Waals surface area (Å²) < 4.78 is 23.8. The van der Waals surface area contributed by atoms with E-state index >= 15 is 0 Å². The molecule has 25 heavy (non-hydrogen) atoms. The number of rotatable bonds is 4. The van der Waals surface area contributed by atoms with Gasteiger partial charge in [0, 0.05) is 12.6 Å². The third-order valence-electron chi connectivity index (χ3n) is 4.78. The van der Waals surface area contributed by atoms with Crippen LogP contribution in [0.4, 0.5) is 0 Å². The van der Waals surface area contributed by atoms with Gasteiger partial charge >= 0.3 is 5.97 Å². The van der Waals surface area contributed by atoms with E-state index in [0.717, 1.165) is 24.0 Å². The van der Waals surface area contributed by atoms with Crippen LogP contribution in [0.15, 0.2) is 54.6 Å². The summed E-state index contributed by atoms with van der Waals surface area (Å²) >= 11 is 0. The Morgan fingerprint density at radius 1 is 1.08 bits per heavy atom. The standard InChI is InChI=1S/C19H23NO4S/c1-14-7-12-18(16-5-3-2-4-6-16)25(23,24)20(14)13-15-8-10-17(11-9-15)19(21)22/h2-6,8-11,14,18,23-24H,7,12-13H2,1H3,(H,21,22). The van der Waals surface area contributed by atoms with E-state index in [1.807, 2.05) is 37.3 Å². The third kappa shape index (κ3) is 3.72. The fourth-order valence-corrected chi connectivity index (χ4v) is 5.60. The van der Waals surface area contributed by atoms with Crippen molar-refractivity contribution in [3.05, 3.63) is 71.3 Å². The van der Waals surface area contributed by atoms with Gasteiger partial charge in [-0.25, -0.2) is 4.79 Å². The van der Waals surface area contributed by atoms with Gasteiger partial charge < -0.3 is 5.11 Å². The smallest absolute Gasteiger partial charge is 0.335 e. The number of nitrogens with zero attached hydrogens (tertiary/aromatic N) is 1. The van der Waals surface area contributed by atoms with E-state index in [9.17, 15) is 13.9 Å². The van der Waals surface area contributed by atoms with Crippen LogP contribution in [0.25, 0.3) is 0 Å². The normalized spacial score (nSPS) is 24.6. The van der Waals surface area contributed by atoms with E-state index in [1.165, 1.54) is 0 Å². The lowest BCUT2D eigenvalue weighted by atomic mass is 10.0. The zero-order chi connectivity index (χ0) is 18.0. The number of carboxylic acids is 1. The Morgan fingerprint density at radius 2 is 1.72 bits per heavy atom. The fraction of sp³-hybridized carbons (Fsp3) is 0.316. The highest BCUT2D eigenvalue weighted by atomic mass is 32.3. The SMILES string of the molecule is CC1CCC(c2ccccc2)S(O)(O)N1Cc1ccc(C(=O)O)cc1. The molecular weight excluding hydrogens is 338 g/mol. The van der Waals surface area contributed by atoms with Crippen LogP contribution in [0.1, 0.15) is 46.5 Å². The summed E-state index contributed by atoms with van der Waals surface area (Å²) in [7, 11) is -2.97. The molecule has 2 unspecified atom stereocenters. The molecule has 0 radical (unpaired) electrons. The zero-order valence-corrected chi connectivity index (χ0v) is 14.9. The van der Waals surface area contributed by atoms with Crippen molar-refractivity contribution >= 4 is 16.7 Å². The Balaban J connectivity index is 1.84. The van der Waals surface area contributed by atoms with Gasteiger partial charge in [-0.2, -0.15) is 4.31 Å². The number of carbonyl (C=O) groups is 1. The van der Waals surface area contributed by atoms with Gasteiger partial charge in [0.15, 0.2) is 0 Å². The second-order valence-electron chi connectivity index (χ2n) is 6.46. The zero-order valence-electron chi connectivity index (χ0n) is 14.1. The van der Waals surface area contributed by atoms with Crippen LogP contribution in [0.5, 0.6) is 0 Å². The molecule has 2 aromatic carbocycles. The van der Waals surface area contributed by atoms with Crippen LogP contribution < -0.4 is 0 Å². The molecular formula is C19H23NO4S. The van der Waals surface area contributed by atoms with Crippen molar-refractivity contribution in [3.8, 4) is 0 Å². The first-order valence-electron chi connectivity index (χ1n) is 8.30. The van der Waals surface area contributed by atoms with Gasteiger partial charge in [0.2, 0.25) is 0 Å². The average molecular weight is 361 g/mol.